The first-order chi connectivity index (χ1) is 22.6. The van der Waals surface area contributed by atoms with E-state index in [9.17, 15) is 27.6 Å². The second-order valence-corrected chi connectivity index (χ2v) is 11.9. The molecule has 0 saturated carbocycles. The molecule has 0 fully saturated rings. The van der Waals surface area contributed by atoms with Gasteiger partial charge in [0.05, 0.1) is 17.9 Å². The summed E-state index contributed by atoms with van der Waals surface area (Å²) in [6, 6.07) is 18.4. The Bertz CT molecular complexity index is 1740. The van der Waals surface area contributed by atoms with Crippen molar-refractivity contribution in [3.8, 4) is 16.3 Å². The third-order valence-corrected chi connectivity index (χ3v) is 8.51. The first-order valence-electron chi connectivity index (χ1n) is 15.0. The van der Waals surface area contributed by atoms with E-state index in [4.69, 9.17) is 5.11 Å². The predicted molar refractivity (Wildman–Crippen MR) is 173 cm³/mol. The molecule has 1 atom stereocenters. The molecule has 1 aliphatic rings. The van der Waals surface area contributed by atoms with E-state index in [0.717, 1.165) is 53.4 Å². The van der Waals surface area contributed by atoms with E-state index in [-0.39, 0.29) is 36.5 Å². The lowest BCUT2D eigenvalue weighted by molar-refractivity contribution is -0.274. The summed E-state index contributed by atoms with van der Waals surface area (Å²) >= 11 is 1.14. The molecule has 47 heavy (non-hydrogen) atoms. The van der Waals surface area contributed by atoms with Gasteiger partial charge in [-0.3, -0.25) is 14.4 Å². The topological polar surface area (TPSA) is 118 Å². The van der Waals surface area contributed by atoms with Crippen molar-refractivity contribution in [2.24, 2.45) is 0 Å². The zero-order valence-corrected chi connectivity index (χ0v) is 26.0. The van der Waals surface area contributed by atoms with Crippen molar-refractivity contribution in [1.29, 1.82) is 0 Å². The molecule has 3 aromatic carbocycles. The maximum atomic E-state index is 13.9. The summed E-state index contributed by atoms with van der Waals surface area (Å²) in [6.07, 6.45) is 3.20. The smallest absolute Gasteiger partial charge is 0.481 e. The number of amides is 2. The second-order valence-electron chi connectivity index (χ2n) is 11.0. The molecule has 0 spiro atoms. The third-order valence-electron chi connectivity index (χ3n) is 7.71. The zero-order chi connectivity index (χ0) is 33.4. The van der Waals surface area contributed by atoms with Crippen molar-refractivity contribution in [2.75, 3.05) is 11.9 Å². The van der Waals surface area contributed by atoms with Crippen molar-refractivity contribution >= 4 is 40.4 Å². The molecule has 0 radical (unpaired) electrons. The number of nitrogens with one attached hydrogen (secondary N) is 2. The number of allylic oxidation sites excluding steroid dienone is 2. The molecule has 5 rings (SSSR count). The van der Waals surface area contributed by atoms with Crippen LogP contribution in [0, 0.1) is 0 Å². The van der Waals surface area contributed by atoms with Crippen LogP contribution in [-0.2, 0) is 16.0 Å². The Morgan fingerprint density at radius 1 is 1.00 bits per heavy atom. The summed E-state index contributed by atoms with van der Waals surface area (Å²) in [4.78, 5) is 41.2. The highest BCUT2D eigenvalue weighted by atomic mass is 32.1. The number of carboxylic acids is 1. The van der Waals surface area contributed by atoms with Crippen LogP contribution in [0.25, 0.3) is 16.1 Å². The number of anilines is 1. The monoisotopic (exact) mass is 663 g/mol. The number of thiazole rings is 1. The number of rotatable bonds is 12. The van der Waals surface area contributed by atoms with E-state index in [2.05, 4.69) is 26.4 Å². The molecule has 0 aliphatic heterocycles. The van der Waals surface area contributed by atoms with Crippen LogP contribution in [0.15, 0.2) is 84.4 Å². The van der Waals surface area contributed by atoms with E-state index in [1.807, 2.05) is 24.3 Å². The van der Waals surface area contributed by atoms with Gasteiger partial charge in [-0.2, -0.15) is 0 Å². The summed E-state index contributed by atoms with van der Waals surface area (Å²) in [5.74, 6) is -2.91. The minimum Gasteiger partial charge on any atom is -0.481 e. The Labute approximate surface area is 273 Å². The summed E-state index contributed by atoms with van der Waals surface area (Å²) in [6.45, 7) is -0.00136. The van der Waals surface area contributed by atoms with Crippen molar-refractivity contribution in [1.82, 2.24) is 10.3 Å². The van der Waals surface area contributed by atoms with Gasteiger partial charge in [-0.25, -0.2) is 4.98 Å². The normalized spacial score (nSPS) is 13.7. The average Bonchev–Trinajstić information content (AvgIpc) is 3.59. The van der Waals surface area contributed by atoms with Crippen LogP contribution >= 0.6 is 11.3 Å². The van der Waals surface area contributed by atoms with Crippen molar-refractivity contribution in [2.45, 2.75) is 50.8 Å². The number of carboxylic acid groups (broad SMARTS) is 1. The van der Waals surface area contributed by atoms with Crippen LogP contribution in [0.4, 0.5) is 18.9 Å². The number of aliphatic carboxylic acids is 1. The maximum absolute atomic E-state index is 13.9. The molecule has 2 amide bonds. The van der Waals surface area contributed by atoms with Crippen molar-refractivity contribution in [3.05, 3.63) is 107 Å². The highest BCUT2D eigenvalue weighted by Crippen LogP contribution is 2.37. The van der Waals surface area contributed by atoms with E-state index >= 15 is 0 Å². The quantitative estimate of drug-likeness (QED) is 0.142. The minimum absolute atomic E-state index is 0.00136. The number of ether oxygens (including phenoxy) is 1. The first kappa shape index (κ1) is 33.4. The van der Waals surface area contributed by atoms with Gasteiger partial charge in [0.15, 0.2) is 0 Å². The Morgan fingerprint density at radius 2 is 1.77 bits per heavy atom. The molecule has 1 aliphatic carbocycles. The summed E-state index contributed by atoms with van der Waals surface area (Å²) in [5, 5.41) is 16.2. The molecule has 1 unspecified atom stereocenters. The van der Waals surface area contributed by atoms with Crippen molar-refractivity contribution in [3.63, 3.8) is 0 Å². The summed E-state index contributed by atoms with van der Waals surface area (Å²) in [7, 11) is 0. The molecule has 3 N–H and O–H groups in total. The number of halogens is 3. The number of carbonyl (C=O) groups is 3. The highest BCUT2D eigenvalue weighted by molar-refractivity contribution is 7.13. The van der Waals surface area contributed by atoms with Crippen LogP contribution in [-0.4, -0.2) is 40.8 Å². The third kappa shape index (κ3) is 9.29. The van der Waals surface area contributed by atoms with Gasteiger partial charge in [0.1, 0.15) is 10.8 Å². The molecule has 0 saturated heterocycles. The number of aromatic nitrogens is 1. The van der Waals surface area contributed by atoms with Gasteiger partial charge in [-0.1, -0.05) is 42.5 Å². The van der Waals surface area contributed by atoms with Crippen LogP contribution in [0.5, 0.6) is 5.75 Å². The van der Waals surface area contributed by atoms with Crippen LogP contribution in [0.3, 0.4) is 0 Å². The lowest BCUT2D eigenvalue weighted by atomic mass is 9.88. The summed E-state index contributed by atoms with van der Waals surface area (Å²) < 4.78 is 43.6. The van der Waals surface area contributed by atoms with E-state index in [1.54, 1.807) is 29.6 Å². The summed E-state index contributed by atoms with van der Waals surface area (Å²) in [5.41, 5.74) is 4.60. The number of nitrogens with zero attached hydrogens (tertiary/aromatic N) is 1. The molecule has 1 aromatic heterocycles. The zero-order valence-electron chi connectivity index (χ0n) is 25.2. The van der Waals surface area contributed by atoms with E-state index < -0.39 is 29.9 Å². The van der Waals surface area contributed by atoms with E-state index in [1.165, 1.54) is 30.3 Å². The molecule has 0 bridgehead atoms. The lowest BCUT2D eigenvalue weighted by Gasteiger charge is -2.20. The molecule has 4 aromatic rings. The van der Waals surface area contributed by atoms with Crippen LogP contribution < -0.4 is 15.4 Å². The number of benzene rings is 3. The van der Waals surface area contributed by atoms with Gasteiger partial charge in [-0.05, 0) is 84.7 Å². The van der Waals surface area contributed by atoms with Crippen LogP contribution in [0.2, 0.25) is 0 Å². The van der Waals surface area contributed by atoms with Gasteiger partial charge in [0.2, 0.25) is 5.91 Å². The number of alkyl halides is 3. The highest BCUT2D eigenvalue weighted by Gasteiger charge is 2.33. The second kappa shape index (κ2) is 15.1. The van der Waals surface area contributed by atoms with Crippen LogP contribution in [0.1, 0.15) is 65.1 Å². The Morgan fingerprint density at radius 3 is 2.40 bits per heavy atom. The van der Waals surface area contributed by atoms with E-state index in [0.29, 0.717) is 10.6 Å². The molecule has 244 valence electrons. The molecule has 8 nitrogen and oxygen atoms in total. The molecule has 1 heterocycles. The largest absolute Gasteiger partial charge is 0.573 e. The fourth-order valence-electron chi connectivity index (χ4n) is 5.38. The Kier molecular flexibility index (Phi) is 10.7. The fraction of sp³-hybridized carbons (Fsp3) is 0.257. The van der Waals surface area contributed by atoms with Gasteiger partial charge >= 0.3 is 12.3 Å². The molecular formula is C35H32F3N3O5S. The number of hydrogen-bond acceptors (Lipinski definition) is 6. The maximum Gasteiger partial charge on any atom is 0.573 e. The van der Waals surface area contributed by atoms with Gasteiger partial charge < -0.3 is 20.5 Å². The van der Waals surface area contributed by atoms with Gasteiger partial charge in [0.25, 0.3) is 5.91 Å². The molecular weight excluding hydrogens is 631 g/mol. The Hall–Kier alpha value is -4.97. The average molecular weight is 664 g/mol. The predicted octanol–water partition coefficient (Wildman–Crippen LogP) is 7.84. The Balaban J connectivity index is 1.40. The fourth-order valence-corrected chi connectivity index (χ4v) is 6.04. The van der Waals surface area contributed by atoms with Gasteiger partial charge in [0, 0.05) is 29.4 Å². The number of hydrogen-bond donors (Lipinski definition) is 3. The van der Waals surface area contributed by atoms with Crippen molar-refractivity contribution < 1.29 is 37.4 Å². The first-order valence-corrected chi connectivity index (χ1v) is 15.9. The standard InChI is InChI=1S/C35H32F3N3O5S/c36-35(37,38)46-30-15-14-27(21-29(30)34-40-18-19-47-34)41-33(45)28(25-12-10-24(11-13-25)23-4-2-1-3-5-23)20-22-6-8-26(9-7-22)32(44)39-17-16-31(42)43/h4,6-15,18-19,21,28H,1-3,5,16-17,20H2,(H,39,44)(H,41,45)(H,42,43). The SMILES string of the molecule is O=C(O)CCNC(=O)c1ccc(CC(C(=O)Nc2ccc(OC(F)(F)F)c(-c3nccs3)c2)c2ccc(C3=CCCCC3)cc2)cc1. The lowest BCUT2D eigenvalue weighted by Crippen LogP contribution is -2.26. The molecule has 12 heteroatoms. The minimum atomic E-state index is -4.91. The number of carbonyl (C=O) groups excluding carboxylic acids is 2. The van der Waals surface area contributed by atoms with Gasteiger partial charge in [-0.15, -0.1) is 24.5 Å².